The Morgan fingerprint density at radius 3 is 2.15 bits per heavy atom. The molecule has 110 valence electrons. The van der Waals surface area contributed by atoms with Crippen LogP contribution in [-0.2, 0) is 15.0 Å². The minimum Gasteiger partial charge on any atom is -0.325 e. The molecule has 0 atom stereocenters. The summed E-state index contributed by atoms with van der Waals surface area (Å²) in [7, 11) is 0. The molecule has 0 aliphatic rings. The Morgan fingerprint density at radius 2 is 1.65 bits per heavy atom. The maximum atomic E-state index is 11.7. The number of thioether (sulfide) groups is 1. The SMILES string of the molecule is CC(C)(C)c1ccc(NC(=O)CSCC(=O)NN)cc1. The molecule has 5 nitrogen and oxygen atoms in total. The van der Waals surface area contributed by atoms with Crippen molar-refractivity contribution < 1.29 is 9.59 Å². The minimum atomic E-state index is -0.294. The number of hydrogen-bond acceptors (Lipinski definition) is 4. The predicted molar refractivity (Wildman–Crippen MR) is 83.4 cm³/mol. The summed E-state index contributed by atoms with van der Waals surface area (Å²) >= 11 is 1.22. The average Bonchev–Trinajstić information content (AvgIpc) is 2.38. The molecule has 4 N–H and O–H groups in total. The van der Waals surface area contributed by atoms with Gasteiger partial charge in [-0.15, -0.1) is 11.8 Å². The molecule has 0 heterocycles. The van der Waals surface area contributed by atoms with Crippen LogP contribution in [0.3, 0.4) is 0 Å². The Kier molecular flexibility index (Phi) is 6.04. The summed E-state index contributed by atoms with van der Waals surface area (Å²) in [4.78, 5) is 22.6. The Bertz CT molecular complexity index is 466. The first-order chi connectivity index (χ1) is 9.32. The molecule has 0 saturated heterocycles. The quantitative estimate of drug-likeness (QED) is 0.438. The molecule has 2 amide bonds. The van der Waals surface area contributed by atoms with Crippen molar-refractivity contribution in [2.75, 3.05) is 16.8 Å². The second-order valence-electron chi connectivity index (χ2n) is 5.44. The van der Waals surface area contributed by atoms with E-state index < -0.39 is 0 Å². The molecule has 0 fully saturated rings. The third kappa shape index (κ3) is 5.63. The molecule has 20 heavy (non-hydrogen) atoms. The maximum absolute atomic E-state index is 11.7. The van der Waals surface area contributed by atoms with Crippen LogP contribution >= 0.6 is 11.8 Å². The second kappa shape index (κ2) is 7.31. The lowest BCUT2D eigenvalue weighted by Gasteiger charge is -2.19. The fraction of sp³-hybridized carbons (Fsp3) is 0.429. The van der Waals surface area contributed by atoms with Gasteiger partial charge in [0.25, 0.3) is 0 Å². The van der Waals surface area contributed by atoms with E-state index in [1.54, 1.807) is 0 Å². The Labute approximate surface area is 123 Å². The van der Waals surface area contributed by atoms with E-state index >= 15 is 0 Å². The summed E-state index contributed by atoms with van der Waals surface area (Å²) < 4.78 is 0. The molecule has 1 rings (SSSR count). The Hall–Kier alpha value is -1.53. The summed E-state index contributed by atoms with van der Waals surface area (Å²) in [6, 6.07) is 7.78. The monoisotopic (exact) mass is 295 g/mol. The molecule has 0 bridgehead atoms. The fourth-order valence-corrected chi connectivity index (χ4v) is 2.16. The highest BCUT2D eigenvalue weighted by Gasteiger charge is 2.13. The molecular formula is C14H21N3O2S. The van der Waals surface area contributed by atoms with E-state index in [0.29, 0.717) is 0 Å². The van der Waals surface area contributed by atoms with E-state index in [1.807, 2.05) is 29.7 Å². The van der Waals surface area contributed by atoms with Gasteiger partial charge in [-0.05, 0) is 23.1 Å². The summed E-state index contributed by atoms with van der Waals surface area (Å²) in [5.74, 6) is 4.91. The molecular weight excluding hydrogens is 274 g/mol. The number of carbonyl (C=O) groups is 2. The van der Waals surface area contributed by atoms with Gasteiger partial charge in [0.15, 0.2) is 0 Å². The first kappa shape index (κ1) is 16.5. The molecule has 0 saturated carbocycles. The third-order valence-corrected chi connectivity index (χ3v) is 3.59. The Balaban J connectivity index is 2.44. The highest BCUT2D eigenvalue weighted by molar-refractivity contribution is 8.00. The summed E-state index contributed by atoms with van der Waals surface area (Å²) in [5, 5.41) is 2.79. The lowest BCUT2D eigenvalue weighted by molar-refractivity contribution is -0.118. The fourth-order valence-electron chi connectivity index (χ4n) is 1.53. The topological polar surface area (TPSA) is 84.2 Å². The maximum Gasteiger partial charge on any atom is 0.243 e. The van der Waals surface area contributed by atoms with E-state index in [0.717, 1.165) is 5.69 Å². The number of benzene rings is 1. The lowest BCUT2D eigenvalue weighted by atomic mass is 9.87. The zero-order valence-corrected chi connectivity index (χ0v) is 12.8. The van der Waals surface area contributed by atoms with E-state index in [4.69, 9.17) is 5.84 Å². The van der Waals surface area contributed by atoms with Gasteiger partial charge in [-0.3, -0.25) is 15.0 Å². The number of hydrazine groups is 1. The van der Waals surface area contributed by atoms with Crippen LogP contribution in [0.5, 0.6) is 0 Å². The van der Waals surface area contributed by atoms with E-state index in [2.05, 4.69) is 26.1 Å². The number of nitrogens with two attached hydrogens (primary N) is 1. The standard InChI is InChI=1S/C14H21N3O2S/c1-14(2,3)10-4-6-11(7-5-10)16-12(18)8-20-9-13(19)17-15/h4-7H,8-9,15H2,1-3H3,(H,16,18)(H,17,19). The average molecular weight is 295 g/mol. The zero-order valence-electron chi connectivity index (χ0n) is 12.0. The molecule has 1 aromatic rings. The first-order valence-electron chi connectivity index (χ1n) is 6.30. The van der Waals surface area contributed by atoms with Crippen LogP contribution in [0.25, 0.3) is 0 Å². The van der Waals surface area contributed by atoms with Crippen LogP contribution in [0.15, 0.2) is 24.3 Å². The van der Waals surface area contributed by atoms with Crippen molar-refractivity contribution in [1.82, 2.24) is 5.43 Å². The van der Waals surface area contributed by atoms with Crippen molar-refractivity contribution >= 4 is 29.3 Å². The van der Waals surface area contributed by atoms with Crippen LogP contribution in [0, 0.1) is 0 Å². The summed E-state index contributed by atoms with van der Waals surface area (Å²) in [5.41, 5.74) is 4.08. The first-order valence-corrected chi connectivity index (χ1v) is 7.46. The van der Waals surface area contributed by atoms with E-state index in [9.17, 15) is 9.59 Å². The summed E-state index contributed by atoms with van der Waals surface area (Å²) in [6.07, 6.45) is 0. The molecule has 0 aromatic heterocycles. The van der Waals surface area contributed by atoms with Crippen LogP contribution < -0.4 is 16.6 Å². The number of carbonyl (C=O) groups excluding carboxylic acids is 2. The highest BCUT2D eigenvalue weighted by atomic mass is 32.2. The lowest BCUT2D eigenvalue weighted by Crippen LogP contribution is -2.32. The number of nitrogens with one attached hydrogen (secondary N) is 2. The van der Waals surface area contributed by atoms with Crippen molar-refractivity contribution in [1.29, 1.82) is 0 Å². The van der Waals surface area contributed by atoms with Crippen molar-refractivity contribution in [2.24, 2.45) is 5.84 Å². The van der Waals surface area contributed by atoms with Gasteiger partial charge in [0.05, 0.1) is 11.5 Å². The molecule has 0 aliphatic heterocycles. The van der Waals surface area contributed by atoms with Gasteiger partial charge in [-0.25, -0.2) is 5.84 Å². The number of amides is 2. The molecule has 1 aromatic carbocycles. The van der Waals surface area contributed by atoms with Gasteiger partial charge < -0.3 is 5.32 Å². The number of anilines is 1. The van der Waals surface area contributed by atoms with E-state index in [-0.39, 0.29) is 28.7 Å². The van der Waals surface area contributed by atoms with Gasteiger partial charge in [-0.2, -0.15) is 0 Å². The molecule has 0 aliphatic carbocycles. The molecule has 6 heteroatoms. The minimum absolute atomic E-state index is 0.0912. The second-order valence-corrected chi connectivity index (χ2v) is 6.42. The van der Waals surface area contributed by atoms with Gasteiger partial charge in [0, 0.05) is 5.69 Å². The van der Waals surface area contributed by atoms with E-state index in [1.165, 1.54) is 17.3 Å². The van der Waals surface area contributed by atoms with Crippen LogP contribution in [0.1, 0.15) is 26.3 Å². The van der Waals surface area contributed by atoms with Gasteiger partial charge in [0.1, 0.15) is 0 Å². The number of hydrogen-bond donors (Lipinski definition) is 3. The molecule has 0 spiro atoms. The normalized spacial score (nSPS) is 11.0. The zero-order chi connectivity index (χ0) is 15.2. The van der Waals surface area contributed by atoms with Crippen molar-refractivity contribution in [3.8, 4) is 0 Å². The van der Waals surface area contributed by atoms with Crippen LogP contribution in [-0.4, -0.2) is 23.3 Å². The van der Waals surface area contributed by atoms with Crippen LogP contribution in [0.4, 0.5) is 5.69 Å². The third-order valence-electron chi connectivity index (χ3n) is 2.66. The van der Waals surface area contributed by atoms with Gasteiger partial charge in [0.2, 0.25) is 11.8 Å². The van der Waals surface area contributed by atoms with Crippen LogP contribution in [0.2, 0.25) is 0 Å². The van der Waals surface area contributed by atoms with Crippen molar-refractivity contribution in [2.45, 2.75) is 26.2 Å². The predicted octanol–water partition coefficient (Wildman–Crippen LogP) is 1.65. The highest BCUT2D eigenvalue weighted by Crippen LogP contribution is 2.23. The van der Waals surface area contributed by atoms with Gasteiger partial charge >= 0.3 is 0 Å². The van der Waals surface area contributed by atoms with Crippen molar-refractivity contribution in [3.63, 3.8) is 0 Å². The largest absolute Gasteiger partial charge is 0.325 e. The molecule has 0 radical (unpaired) electrons. The summed E-state index contributed by atoms with van der Waals surface area (Å²) in [6.45, 7) is 6.42. The van der Waals surface area contributed by atoms with Crippen molar-refractivity contribution in [3.05, 3.63) is 29.8 Å². The molecule has 0 unspecified atom stereocenters. The van der Waals surface area contributed by atoms with Gasteiger partial charge in [-0.1, -0.05) is 32.9 Å². The smallest absolute Gasteiger partial charge is 0.243 e. The Morgan fingerprint density at radius 1 is 1.10 bits per heavy atom. The number of rotatable bonds is 5.